The molecule has 17 nitrogen and oxygen atoms in total. The number of hydrogen-bond acceptors (Lipinski definition) is 15. The Morgan fingerprint density at radius 1 is 0.269 bits per heavy atom. The van der Waals surface area contributed by atoms with Gasteiger partial charge in [0.2, 0.25) is 0 Å². The van der Waals surface area contributed by atoms with Crippen LogP contribution in [0.4, 0.5) is 0 Å². The number of phosphoric ester groups is 2. The van der Waals surface area contributed by atoms with Crippen LogP contribution in [0.1, 0.15) is 452 Å². The third kappa shape index (κ3) is 75.5. The summed E-state index contributed by atoms with van der Waals surface area (Å²) in [6.07, 6.45) is 68.1. The number of carbonyl (C=O) groups excluding carboxylic acids is 4. The maximum absolute atomic E-state index is 13.1. The van der Waals surface area contributed by atoms with Crippen LogP contribution in [0.3, 0.4) is 0 Å². The molecule has 0 rings (SSSR count). The van der Waals surface area contributed by atoms with Gasteiger partial charge < -0.3 is 33.8 Å². The van der Waals surface area contributed by atoms with Crippen LogP contribution in [0.2, 0.25) is 0 Å². The predicted octanol–water partition coefficient (Wildman–Crippen LogP) is 25.8. The van der Waals surface area contributed by atoms with Crippen LogP contribution >= 0.6 is 15.6 Å². The summed E-state index contributed by atoms with van der Waals surface area (Å²) >= 11 is 0. The second-order valence-corrected chi connectivity index (χ2v) is 34.0. The number of hydrogen-bond donors (Lipinski definition) is 3. The van der Waals surface area contributed by atoms with E-state index in [1.54, 1.807) is 0 Å². The van der Waals surface area contributed by atoms with Crippen LogP contribution in [-0.2, 0) is 65.4 Å². The fourth-order valence-corrected chi connectivity index (χ4v) is 14.8. The largest absolute Gasteiger partial charge is 0.472 e. The van der Waals surface area contributed by atoms with Crippen molar-refractivity contribution in [3.63, 3.8) is 0 Å². The van der Waals surface area contributed by atoms with Gasteiger partial charge in [0, 0.05) is 25.7 Å². The molecule has 0 fully saturated rings. The van der Waals surface area contributed by atoms with Crippen molar-refractivity contribution in [2.75, 3.05) is 39.6 Å². The Kier molecular flexibility index (Phi) is 75.0. The van der Waals surface area contributed by atoms with E-state index < -0.39 is 97.5 Å². The molecule has 0 aliphatic rings. The Morgan fingerprint density at radius 2 is 0.462 bits per heavy atom. The van der Waals surface area contributed by atoms with Crippen molar-refractivity contribution in [3.8, 4) is 0 Å². The highest BCUT2D eigenvalue weighted by atomic mass is 31.2. The Morgan fingerprint density at radius 3 is 0.683 bits per heavy atom. The molecule has 3 N–H and O–H groups in total. The maximum Gasteiger partial charge on any atom is 0.472 e. The van der Waals surface area contributed by atoms with E-state index in [1.165, 1.54) is 257 Å². The summed E-state index contributed by atoms with van der Waals surface area (Å²) in [4.78, 5) is 73.0. The third-order valence-electron chi connectivity index (χ3n) is 20.7. The van der Waals surface area contributed by atoms with E-state index in [9.17, 15) is 43.2 Å². The molecule has 0 saturated heterocycles. The fourth-order valence-electron chi connectivity index (χ4n) is 13.2. The number of carbonyl (C=O) groups is 4. The topological polar surface area (TPSA) is 237 Å². The molecule has 0 saturated carbocycles. The van der Waals surface area contributed by atoms with Crippen molar-refractivity contribution >= 4 is 39.5 Å². The monoisotopic (exact) mass is 1520 g/mol. The summed E-state index contributed by atoms with van der Waals surface area (Å²) in [5.74, 6) is -0.412. The molecule has 0 spiro atoms. The Bertz CT molecular complexity index is 2000. The van der Waals surface area contributed by atoms with Gasteiger partial charge in [-0.1, -0.05) is 401 Å². The zero-order valence-corrected chi connectivity index (χ0v) is 70.1. The summed E-state index contributed by atoms with van der Waals surface area (Å²) in [5, 5.41) is 10.7. The fraction of sp³-hybridized carbons (Fsp3) is 0.953. The van der Waals surface area contributed by atoms with Crippen molar-refractivity contribution < 1.29 is 80.2 Å². The smallest absolute Gasteiger partial charge is 0.462 e. The molecular weight excluding hydrogens is 1350 g/mol. The van der Waals surface area contributed by atoms with E-state index in [0.717, 1.165) is 115 Å². The number of phosphoric acid groups is 2. The highest BCUT2D eigenvalue weighted by molar-refractivity contribution is 7.47. The third-order valence-corrected chi connectivity index (χ3v) is 22.6. The molecule has 0 aromatic carbocycles. The van der Waals surface area contributed by atoms with Gasteiger partial charge in [0.05, 0.1) is 26.4 Å². The van der Waals surface area contributed by atoms with Gasteiger partial charge in [-0.3, -0.25) is 37.3 Å². The van der Waals surface area contributed by atoms with Gasteiger partial charge in [-0.15, -0.1) is 0 Å². The van der Waals surface area contributed by atoms with Crippen molar-refractivity contribution in [1.29, 1.82) is 0 Å². The molecule has 0 aliphatic carbocycles. The van der Waals surface area contributed by atoms with Crippen molar-refractivity contribution in [2.45, 2.75) is 471 Å². The molecule has 4 unspecified atom stereocenters. The van der Waals surface area contributed by atoms with Crippen LogP contribution in [0.5, 0.6) is 0 Å². The highest BCUT2D eigenvalue weighted by Gasteiger charge is 2.30. The first-order valence-electron chi connectivity index (χ1n) is 44.1. The second kappa shape index (κ2) is 76.4. The first-order chi connectivity index (χ1) is 50.4. The zero-order chi connectivity index (χ0) is 76.4. The average Bonchev–Trinajstić information content (AvgIpc) is 0.910. The summed E-state index contributed by atoms with van der Waals surface area (Å²) in [7, 11) is -9.92. The zero-order valence-electron chi connectivity index (χ0n) is 68.3. The van der Waals surface area contributed by atoms with Gasteiger partial charge >= 0.3 is 39.5 Å². The number of unbranched alkanes of at least 4 members (excludes halogenated alkanes) is 52. The lowest BCUT2D eigenvalue weighted by molar-refractivity contribution is -0.161. The molecule has 0 aromatic heterocycles. The summed E-state index contributed by atoms with van der Waals surface area (Å²) in [6, 6.07) is 0. The van der Waals surface area contributed by atoms with E-state index in [2.05, 4.69) is 41.5 Å². The Balaban J connectivity index is 5.17. The molecule has 618 valence electrons. The lowest BCUT2D eigenvalue weighted by Gasteiger charge is -2.21. The number of ether oxygens (including phenoxy) is 4. The van der Waals surface area contributed by atoms with Gasteiger partial charge in [0.25, 0.3) is 0 Å². The molecule has 19 heteroatoms. The van der Waals surface area contributed by atoms with Crippen molar-refractivity contribution in [3.05, 3.63) is 0 Å². The molecule has 0 aromatic rings. The Labute approximate surface area is 638 Å². The minimum Gasteiger partial charge on any atom is -0.462 e. The lowest BCUT2D eigenvalue weighted by Crippen LogP contribution is -2.30. The molecule has 0 bridgehead atoms. The van der Waals surface area contributed by atoms with E-state index in [0.29, 0.717) is 25.7 Å². The van der Waals surface area contributed by atoms with Crippen LogP contribution in [0, 0.1) is 11.8 Å². The van der Waals surface area contributed by atoms with Crippen LogP contribution in [0.25, 0.3) is 0 Å². The van der Waals surface area contributed by atoms with Crippen LogP contribution < -0.4 is 0 Å². The standard InChI is InChI=1S/C85H166O17P2/c1-7-11-13-15-17-18-19-20-21-22-23-24-25-26-27-35-40-45-51-57-63-70-85(90)102-81(74-96-83(88)68-62-56-50-44-39-34-30-28-32-37-42-48-53-59-65-77(5)9-3)76-100-104(93,94)98-72-79(86)71-97-103(91,92)99-75-80(73-95-82(87)67-61-55-47-16-14-12-8-2)101-84(89)69-64-58-52-46-41-36-31-29-33-38-43-49-54-60-66-78(6)10-4/h77-81,86H,7-76H2,1-6H3,(H,91,92)(H,93,94)/t77?,78?,79-,80+,81+/m0/s1. The molecule has 0 amide bonds. The minimum absolute atomic E-state index is 0.108. The van der Waals surface area contributed by atoms with Crippen molar-refractivity contribution in [1.82, 2.24) is 0 Å². The predicted molar refractivity (Wildman–Crippen MR) is 428 cm³/mol. The highest BCUT2D eigenvalue weighted by Crippen LogP contribution is 2.45. The van der Waals surface area contributed by atoms with E-state index in [1.807, 2.05) is 0 Å². The van der Waals surface area contributed by atoms with Crippen LogP contribution in [0.15, 0.2) is 0 Å². The lowest BCUT2D eigenvalue weighted by atomic mass is 9.99. The van der Waals surface area contributed by atoms with Crippen molar-refractivity contribution in [2.24, 2.45) is 11.8 Å². The molecule has 0 radical (unpaired) electrons. The summed E-state index contributed by atoms with van der Waals surface area (Å²) in [5.41, 5.74) is 0. The summed E-state index contributed by atoms with van der Waals surface area (Å²) in [6.45, 7) is 9.73. The van der Waals surface area contributed by atoms with Crippen LogP contribution in [-0.4, -0.2) is 96.7 Å². The molecule has 0 heterocycles. The second-order valence-electron chi connectivity index (χ2n) is 31.1. The molecule has 7 atom stereocenters. The van der Waals surface area contributed by atoms with Gasteiger partial charge in [0.15, 0.2) is 12.2 Å². The normalized spacial score (nSPS) is 14.4. The molecular formula is C85H166O17P2. The number of aliphatic hydroxyl groups is 1. The van der Waals surface area contributed by atoms with E-state index in [-0.39, 0.29) is 25.7 Å². The van der Waals surface area contributed by atoms with Gasteiger partial charge in [-0.2, -0.15) is 0 Å². The number of aliphatic hydroxyl groups excluding tert-OH is 1. The Hall–Kier alpha value is -1.94. The maximum atomic E-state index is 13.1. The quantitative estimate of drug-likeness (QED) is 0.0222. The first-order valence-corrected chi connectivity index (χ1v) is 47.1. The van der Waals surface area contributed by atoms with Gasteiger partial charge in [0.1, 0.15) is 19.3 Å². The first kappa shape index (κ1) is 102. The number of esters is 4. The molecule has 104 heavy (non-hydrogen) atoms. The van der Waals surface area contributed by atoms with E-state index >= 15 is 0 Å². The minimum atomic E-state index is -4.96. The van der Waals surface area contributed by atoms with Gasteiger partial charge in [-0.25, -0.2) is 9.13 Å². The summed E-state index contributed by atoms with van der Waals surface area (Å²) < 4.78 is 68.7. The van der Waals surface area contributed by atoms with E-state index in [4.69, 9.17) is 37.0 Å². The molecule has 0 aliphatic heterocycles. The number of rotatable bonds is 84. The SMILES string of the molecule is CCCCCCCCCCCCCCCCCCCCCCCC(=O)O[C@H](COC(=O)CCCCCCCCCCCCCCCCC(C)CC)COP(=O)(O)OC[C@@H](O)COP(=O)(O)OC[C@@H](COC(=O)CCCCCCCCC)OC(=O)CCCCCCCCCCCCCCCCC(C)CC. The average molecular weight is 1520 g/mol. The van der Waals surface area contributed by atoms with Gasteiger partial charge in [-0.05, 0) is 37.5 Å².